The molecule has 1 atom stereocenters. The number of aromatic nitrogens is 1. The molecule has 156 valence electrons. The first-order valence-electron chi connectivity index (χ1n) is 10.1. The van der Waals surface area contributed by atoms with Crippen LogP contribution in [0.1, 0.15) is 43.1 Å². The molecule has 2 fully saturated rings. The fraction of sp³-hybridized carbons (Fsp3) is 0.714. The standard InChI is InChI=1S/C21H31F2N3O2/c1-15(12-19(22)23)20(27)26-10-11-28-21(14-26)6-8-25(9-7-21)13-18-5-4-16(2)24-17(18)3/h4-5,15,19H,6-14H2,1-3H3. The third kappa shape index (κ3) is 5.06. The fourth-order valence-electron chi connectivity index (χ4n) is 4.26. The average molecular weight is 395 g/mol. The summed E-state index contributed by atoms with van der Waals surface area (Å²) >= 11 is 0. The molecule has 2 aliphatic rings. The number of nitrogens with zero attached hydrogens (tertiary/aromatic N) is 3. The van der Waals surface area contributed by atoms with Crippen LogP contribution in [-0.2, 0) is 16.1 Å². The minimum Gasteiger partial charge on any atom is -0.371 e. The summed E-state index contributed by atoms with van der Waals surface area (Å²) in [6.07, 6.45) is -1.13. The summed E-state index contributed by atoms with van der Waals surface area (Å²) in [7, 11) is 0. The maximum absolute atomic E-state index is 12.6. The van der Waals surface area contributed by atoms with E-state index in [1.54, 1.807) is 11.8 Å². The zero-order chi connectivity index (χ0) is 20.3. The van der Waals surface area contributed by atoms with Gasteiger partial charge in [0.25, 0.3) is 0 Å². The van der Waals surface area contributed by atoms with Gasteiger partial charge in [-0.1, -0.05) is 13.0 Å². The molecular formula is C21H31F2N3O2. The van der Waals surface area contributed by atoms with Crippen molar-refractivity contribution in [3.63, 3.8) is 0 Å². The van der Waals surface area contributed by atoms with Gasteiger partial charge in [-0.2, -0.15) is 0 Å². The molecule has 1 amide bonds. The summed E-state index contributed by atoms with van der Waals surface area (Å²) in [5.74, 6) is -0.820. The van der Waals surface area contributed by atoms with Gasteiger partial charge in [0.15, 0.2) is 0 Å². The van der Waals surface area contributed by atoms with Crippen molar-refractivity contribution in [2.75, 3.05) is 32.8 Å². The van der Waals surface area contributed by atoms with Crippen LogP contribution in [0.3, 0.4) is 0 Å². The number of halogens is 2. The molecule has 7 heteroatoms. The van der Waals surface area contributed by atoms with Gasteiger partial charge < -0.3 is 9.64 Å². The van der Waals surface area contributed by atoms with E-state index in [4.69, 9.17) is 4.74 Å². The lowest BCUT2D eigenvalue weighted by Gasteiger charge is -2.47. The monoisotopic (exact) mass is 395 g/mol. The Hall–Kier alpha value is -1.60. The molecule has 1 aromatic heterocycles. The molecule has 0 aliphatic carbocycles. The quantitative estimate of drug-likeness (QED) is 0.768. The van der Waals surface area contributed by atoms with Crippen molar-refractivity contribution < 1.29 is 18.3 Å². The van der Waals surface area contributed by atoms with Gasteiger partial charge in [-0.25, -0.2) is 8.78 Å². The van der Waals surface area contributed by atoms with Crippen molar-refractivity contribution in [3.05, 3.63) is 29.1 Å². The highest BCUT2D eigenvalue weighted by molar-refractivity contribution is 5.78. The second-order valence-corrected chi connectivity index (χ2v) is 8.29. The Bertz CT molecular complexity index is 690. The topological polar surface area (TPSA) is 45.7 Å². The number of aryl methyl sites for hydroxylation is 2. The summed E-state index contributed by atoms with van der Waals surface area (Å²) in [5.41, 5.74) is 3.00. The van der Waals surface area contributed by atoms with Gasteiger partial charge in [-0.05, 0) is 38.3 Å². The maximum Gasteiger partial charge on any atom is 0.239 e. The average Bonchev–Trinajstić information content (AvgIpc) is 2.65. The Morgan fingerprint density at radius 1 is 1.25 bits per heavy atom. The first-order valence-corrected chi connectivity index (χ1v) is 10.1. The lowest BCUT2D eigenvalue weighted by Crippen LogP contribution is -2.58. The number of ether oxygens (including phenoxy) is 1. The predicted octanol–water partition coefficient (Wildman–Crippen LogP) is 3.18. The van der Waals surface area contributed by atoms with Crippen LogP contribution in [0.4, 0.5) is 8.78 Å². The number of hydrogen-bond acceptors (Lipinski definition) is 4. The lowest BCUT2D eigenvalue weighted by atomic mass is 9.88. The molecule has 5 nitrogen and oxygen atoms in total. The van der Waals surface area contributed by atoms with Gasteiger partial charge in [0.2, 0.25) is 12.3 Å². The number of rotatable bonds is 5. The van der Waals surface area contributed by atoms with Crippen molar-refractivity contribution in [2.24, 2.45) is 5.92 Å². The summed E-state index contributed by atoms with van der Waals surface area (Å²) < 4.78 is 31.4. The number of carbonyl (C=O) groups excluding carboxylic acids is 1. The van der Waals surface area contributed by atoms with E-state index in [9.17, 15) is 13.6 Å². The molecular weight excluding hydrogens is 364 g/mol. The highest BCUT2D eigenvalue weighted by atomic mass is 19.3. The number of piperidine rings is 1. The molecule has 3 heterocycles. The molecule has 1 spiro atoms. The van der Waals surface area contributed by atoms with Gasteiger partial charge in [-0.15, -0.1) is 0 Å². The summed E-state index contributed by atoms with van der Waals surface area (Å²) in [4.78, 5) is 21.2. The maximum atomic E-state index is 12.6. The number of morpholine rings is 1. The Kier molecular flexibility index (Phi) is 6.65. The Morgan fingerprint density at radius 2 is 1.96 bits per heavy atom. The SMILES string of the molecule is Cc1ccc(CN2CCC3(CC2)CN(C(=O)C(C)CC(F)F)CCO3)c(C)n1. The van der Waals surface area contributed by atoms with Crippen LogP contribution in [0, 0.1) is 19.8 Å². The molecule has 1 aromatic rings. The largest absolute Gasteiger partial charge is 0.371 e. The normalized spacial score (nSPS) is 21.3. The van der Waals surface area contributed by atoms with Crippen LogP contribution in [0.5, 0.6) is 0 Å². The van der Waals surface area contributed by atoms with E-state index in [-0.39, 0.29) is 17.9 Å². The summed E-state index contributed by atoms with van der Waals surface area (Å²) in [5, 5.41) is 0. The first-order chi connectivity index (χ1) is 13.3. The van der Waals surface area contributed by atoms with Crippen molar-refractivity contribution in [3.8, 4) is 0 Å². The Balaban J connectivity index is 1.56. The molecule has 2 saturated heterocycles. The zero-order valence-electron chi connectivity index (χ0n) is 17.1. The van der Waals surface area contributed by atoms with E-state index in [1.807, 2.05) is 19.9 Å². The molecule has 2 aliphatic heterocycles. The molecule has 3 rings (SSSR count). The van der Waals surface area contributed by atoms with Crippen LogP contribution in [0.15, 0.2) is 12.1 Å². The molecule has 0 N–H and O–H groups in total. The first kappa shape index (κ1) is 21.1. The van der Waals surface area contributed by atoms with Gasteiger partial charge >= 0.3 is 0 Å². The van der Waals surface area contributed by atoms with E-state index in [0.717, 1.165) is 43.9 Å². The second-order valence-electron chi connectivity index (χ2n) is 8.29. The van der Waals surface area contributed by atoms with Gasteiger partial charge in [0.05, 0.1) is 12.2 Å². The van der Waals surface area contributed by atoms with Crippen molar-refractivity contribution in [2.45, 2.75) is 58.6 Å². The minimum atomic E-state index is -2.45. The summed E-state index contributed by atoms with van der Waals surface area (Å²) in [6.45, 7) is 9.77. The van der Waals surface area contributed by atoms with Crippen molar-refractivity contribution in [1.82, 2.24) is 14.8 Å². The Morgan fingerprint density at radius 3 is 2.61 bits per heavy atom. The molecule has 0 bridgehead atoms. The smallest absolute Gasteiger partial charge is 0.239 e. The predicted molar refractivity (Wildman–Crippen MR) is 103 cm³/mol. The number of pyridine rings is 1. The molecule has 0 aromatic carbocycles. The molecule has 0 radical (unpaired) electrons. The summed E-state index contributed by atoms with van der Waals surface area (Å²) in [6, 6.07) is 4.19. The van der Waals surface area contributed by atoms with Crippen LogP contribution in [0.25, 0.3) is 0 Å². The number of likely N-dealkylation sites (tertiary alicyclic amines) is 1. The van der Waals surface area contributed by atoms with E-state index in [0.29, 0.717) is 19.7 Å². The van der Waals surface area contributed by atoms with Crippen molar-refractivity contribution in [1.29, 1.82) is 0 Å². The van der Waals surface area contributed by atoms with E-state index in [1.165, 1.54) is 5.56 Å². The lowest BCUT2D eigenvalue weighted by molar-refractivity contribution is -0.163. The van der Waals surface area contributed by atoms with Gasteiger partial charge in [0.1, 0.15) is 0 Å². The molecule has 28 heavy (non-hydrogen) atoms. The number of amides is 1. The van der Waals surface area contributed by atoms with Crippen LogP contribution < -0.4 is 0 Å². The number of alkyl halides is 2. The van der Waals surface area contributed by atoms with Gasteiger partial charge in [0, 0.05) is 56.5 Å². The highest BCUT2D eigenvalue weighted by Gasteiger charge is 2.41. The van der Waals surface area contributed by atoms with Crippen LogP contribution in [-0.4, -0.2) is 65.5 Å². The molecule has 0 saturated carbocycles. The van der Waals surface area contributed by atoms with E-state index in [2.05, 4.69) is 16.0 Å². The molecule has 1 unspecified atom stereocenters. The third-order valence-corrected chi connectivity index (χ3v) is 6.01. The van der Waals surface area contributed by atoms with E-state index < -0.39 is 12.3 Å². The number of hydrogen-bond donors (Lipinski definition) is 0. The third-order valence-electron chi connectivity index (χ3n) is 6.01. The zero-order valence-corrected chi connectivity index (χ0v) is 17.1. The van der Waals surface area contributed by atoms with Crippen LogP contribution in [0.2, 0.25) is 0 Å². The van der Waals surface area contributed by atoms with Crippen LogP contribution >= 0.6 is 0 Å². The Labute approximate surface area is 166 Å². The fourth-order valence-corrected chi connectivity index (χ4v) is 4.26. The second kappa shape index (κ2) is 8.82. The van der Waals surface area contributed by atoms with Gasteiger partial charge in [-0.3, -0.25) is 14.7 Å². The number of carbonyl (C=O) groups is 1. The van der Waals surface area contributed by atoms with E-state index >= 15 is 0 Å². The minimum absolute atomic E-state index is 0.174. The van der Waals surface area contributed by atoms with Crippen molar-refractivity contribution >= 4 is 5.91 Å². The highest BCUT2D eigenvalue weighted by Crippen LogP contribution is 2.31.